The molecule has 1 aromatic heterocycles. The third-order valence-electron chi connectivity index (χ3n) is 6.09. The van der Waals surface area contributed by atoms with Crippen LogP contribution in [0, 0.1) is 5.92 Å². The zero-order valence-corrected chi connectivity index (χ0v) is 16.5. The van der Waals surface area contributed by atoms with Gasteiger partial charge in [-0.2, -0.15) is 0 Å². The van der Waals surface area contributed by atoms with Gasteiger partial charge in [0.05, 0.1) is 7.11 Å². The molecular formula is C22H28N2O4. The molecule has 0 N–H and O–H groups in total. The average Bonchev–Trinajstić information content (AvgIpc) is 3.21. The number of carbonyl (C=O) groups is 1. The van der Waals surface area contributed by atoms with Crippen molar-refractivity contribution in [1.29, 1.82) is 0 Å². The van der Waals surface area contributed by atoms with E-state index < -0.39 is 0 Å². The van der Waals surface area contributed by atoms with Gasteiger partial charge in [0.25, 0.3) is 0 Å². The largest absolute Gasteiger partial charge is 0.497 e. The fourth-order valence-corrected chi connectivity index (χ4v) is 4.45. The number of ether oxygens (including phenoxy) is 1. The number of methoxy groups -OCH3 is 1. The van der Waals surface area contributed by atoms with Crippen molar-refractivity contribution in [2.45, 2.75) is 38.6 Å². The van der Waals surface area contributed by atoms with Crippen molar-refractivity contribution in [1.82, 2.24) is 9.80 Å². The molecule has 0 spiro atoms. The molecule has 0 bridgehead atoms. The Balaban J connectivity index is 1.40. The highest BCUT2D eigenvalue weighted by Crippen LogP contribution is 2.28. The van der Waals surface area contributed by atoms with Crippen LogP contribution in [0.2, 0.25) is 0 Å². The van der Waals surface area contributed by atoms with Gasteiger partial charge in [-0.3, -0.25) is 9.69 Å². The topological polar surface area (TPSA) is 63.0 Å². The highest BCUT2D eigenvalue weighted by Gasteiger charge is 2.25. The molecule has 2 aliphatic rings. The molecule has 1 saturated carbocycles. The van der Waals surface area contributed by atoms with Gasteiger partial charge >= 0.3 is 5.63 Å². The molecule has 1 aliphatic heterocycles. The number of benzene rings is 1. The Morgan fingerprint density at radius 2 is 1.89 bits per heavy atom. The molecule has 6 nitrogen and oxygen atoms in total. The number of nitrogens with zero attached hydrogens (tertiary/aromatic N) is 2. The summed E-state index contributed by atoms with van der Waals surface area (Å²) < 4.78 is 10.6. The Hall–Kier alpha value is -2.34. The number of rotatable bonds is 5. The highest BCUT2D eigenvalue weighted by atomic mass is 16.5. The van der Waals surface area contributed by atoms with Gasteiger partial charge in [-0.05, 0) is 42.5 Å². The van der Waals surface area contributed by atoms with Gasteiger partial charge in [-0.25, -0.2) is 4.79 Å². The van der Waals surface area contributed by atoms with E-state index in [1.165, 1.54) is 25.7 Å². The van der Waals surface area contributed by atoms with E-state index in [-0.39, 0.29) is 5.63 Å². The van der Waals surface area contributed by atoms with Crippen LogP contribution >= 0.6 is 0 Å². The minimum absolute atomic E-state index is 0.307. The van der Waals surface area contributed by atoms with Gasteiger partial charge < -0.3 is 14.1 Å². The fourth-order valence-electron chi connectivity index (χ4n) is 4.45. The number of hydrogen-bond acceptors (Lipinski definition) is 5. The van der Waals surface area contributed by atoms with Crippen LogP contribution in [0.3, 0.4) is 0 Å². The van der Waals surface area contributed by atoms with E-state index in [0.717, 1.165) is 42.9 Å². The first kappa shape index (κ1) is 19.0. The summed E-state index contributed by atoms with van der Waals surface area (Å²) in [6, 6.07) is 7.05. The lowest BCUT2D eigenvalue weighted by Crippen LogP contribution is -2.48. The lowest BCUT2D eigenvalue weighted by atomic mass is 10.0. The Kier molecular flexibility index (Phi) is 5.67. The molecule has 2 heterocycles. The molecule has 28 heavy (non-hydrogen) atoms. The van der Waals surface area contributed by atoms with Crippen LogP contribution in [0.25, 0.3) is 11.0 Å². The van der Waals surface area contributed by atoms with Crippen LogP contribution in [-0.4, -0.2) is 49.0 Å². The van der Waals surface area contributed by atoms with Crippen molar-refractivity contribution in [2.75, 3.05) is 33.3 Å². The summed E-state index contributed by atoms with van der Waals surface area (Å²) in [5.41, 5.74) is 1.18. The first-order valence-electron chi connectivity index (χ1n) is 10.2. The third kappa shape index (κ3) is 4.22. The van der Waals surface area contributed by atoms with E-state index in [1.807, 2.05) is 11.0 Å². The maximum atomic E-state index is 12.5. The predicted octanol–water partition coefficient (Wildman–Crippen LogP) is 3.03. The fraction of sp³-hybridized carbons (Fsp3) is 0.545. The Labute approximate surface area is 165 Å². The van der Waals surface area contributed by atoms with Gasteiger partial charge in [-0.15, -0.1) is 0 Å². The Bertz CT molecular complexity index is 893. The maximum Gasteiger partial charge on any atom is 0.336 e. The van der Waals surface area contributed by atoms with Crippen molar-refractivity contribution >= 4 is 16.9 Å². The van der Waals surface area contributed by atoms with E-state index in [9.17, 15) is 9.59 Å². The van der Waals surface area contributed by atoms with E-state index >= 15 is 0 Å². The lowest BCUT2D eigenvalue weighted by Gasteiger charge is -2.35. The van der Waals surface area contributed by atoms with Crippen LogP contribution in [0.15, 0.2) is 33.5 Å². The van der Waals surface area contributed by atoms with E-state index in [2.05, 4.69) is 4.90 Å². The zero-order chi connectivity index (χ0) is 19.5. The predicted molar refractivity (Wildman–Crippen MR) is 107 cm³/mol. The van der Waals surface area contributed by atoms with E-state index in [1.54, 1.807) is 25.3 Å². The van der Waals surface area contributed by atoms with E-state index in [4.69, 9.17) is 9.15 Å². The average molecular weight is 384 g/mol. The van der Waals surface area contributed by atoms with Gasteiger partial charge in [0, 0.05) is 50.6 Å². The molecule has 1 aliphatic carbocycles. The number of amides is 1. The van der Waals surface area contributed by atoms with Crippen LogP contribution in [-0.2, 0) is 11.3 Å². The molecular weight excluding hydrogens is 356 g/mol. The smallest absolute Gasteiger partial charge is 0.336 e. The highest BCUT2D eigenvalue weighted by molar-refractivity contribution is 5.81. The molecule has 2 fully saturated rings. The minimum Gasteiger partial charge on any atom is -0.497 e. The number of piperazine rings is 1. The molecule has 1 saturated heterocycles. The molecule has 1 aromatic carbocycles. The van der Waals surface area contributed by atoms with Crippen LogP contribution in [0.4, 0.5) is 0 Å². The molecule has 0 unspecified atom stereocenters. The summed E-state index contributed by atoms with van der Waals surface area (Å²) in [4.78, 5) is 28.8. The summed E-state index contributed by atoms with van der Waals surface area (Å²) >= 11 is 0. The standard InChI is InChI=1S/C22H28N2O4/c1-27-18-6-7-20-19(14-18)17(13-22(26)28-20)15-23-8-10-24(11-9-23)21(25)12-16-4-2-3-5-16/h6-7,13-14,16H,2-5,8-12,15H2,1H3. The first-order chi connectivity index (χ1) is 13.6. The zero-order valence-electron chi connectivity index (χ0n) is 16.5. The number of carbonyl (C=O) groups excluding carboxylic acids is 1. The van der Waals surface area contributed by atoms with Crippen molar-refractivity contribution in [3.05, 3.63) is 40.2 Å². The molecule has 4 rings (SSSR count). The van der Waals surface area contributed by atoms with Crippen LogP contribution in [0.1, 0.15) is 37.7 Å². The summed E-state index contributed by atoms with van der Waals surface area (Å²) in [5.74, 6) is 1.64. The molecule has 0 radical (unpaired) electrons. The number of hydrogen-bond donors (Lipinski definition) is 0. The normalized spacial score (nSPS) is 18.7. The first-order valence-corrected chi connectivity index (χ1v) is 10.2. The van der Waals surface area contributed by atoms with Crippen molar-refractivity contribution in [2.24, 2.45) is 5.92 Å². The SMILES string of the molecule is COc1ccc2oc(=O)cc(CN3CCN(C(=O)CC4CCCC4)CC3)c2c1. The Morgan fingerprint density at radius 1 is 1.14 bits per heavy atom. The summed E-state index contributed by atoms with van der Waals surface area (Å²) in [6.07, 6.45) is 5.67. The summed E-state index contributed by atoms with van der Waals surface area (Å²) in [5, 5.41) is 0.902. The second kappa shape index (κ2) is 8.35. The van der Waals surface area contributed by atoms with Gasteiger partial charge in [-0.1, -0.05) is 12.8 Å². The number of fused-ring (bicyclic) bond motifs is 1. The second-order valence-corrected chi connectivity index (χ2v) is 7.96. The van der Waals surface area contributed by atoms with Crippen molar-refractivity contribution < 1.29 is 13.9 Å². The minimum atomic E-state index is -0.335. The van der Waals surface area contributed by atoms with E-state index in [0.29, 0.717) is 30.4 Å². The van der Waals surface area contributed by atoms with Crippen LogP contribution in [0.5, 0.6) is 5.75 Å². The molecule has 2 aromatic rings. The van der Waals surface area contributed by atoms with Crippen molar-refractivity contribution in [3.8, 4) is 5.75 Å². The summed E-state index contributed by atoms with van der Waals surface area (Å²) in [7, 11) is 1.63. The Morgan fingerprint density at radius 3 is 2.61 bits per heavy atom. The summed E-state index contributed by atoms with van der Waals surface area (Å²) in [6.45, 7) is 3.83. The molecule has 1 amide bonds. The van der Waals surface area contributed by atoms with Gasteiger partial charge in [0.15, 0.2) is 0 Å². The van der Waals surface area contributed by atoms with Crippen LogP contribution < -0.4 is 10.4 Å². The third-order valence-corrected chi connectivity index (χ3v) is 6.09. The molecule has 0 atom stereocenters. The van der Waals surface area contributed by atoms with Gasteiger partial charge in [0.2, 0.25) is 5.91 Å². The second-order valence-electron chi connectivity index (χ2n) is 7.96. The lowest BCUT2D eigenvalue weighted by molar-refractivity contribution is -0.134. The van der Waals surface area contributed by atoms with Crippen molar-refractivity contribution in [3.63, 3.8) is 0 Å². The molecule has 6 heteroatoms. The quantitative estimate of drug-likeness (QED) is 0.742. The maximum absolute atomic E-state index is 12.5. The monoisotopic (exact) mass is 384 g/mol. The molecule has 150 valence electrons. The van der Waals surface area contributed by atoms with Gasteiger partial charge in [0.1, 0.15) is 11.3 Å².